The summed E-state index contributed by atoms with van der Waals surface area (Å²) in [6, 6.07) is 30.3. The van der Waals surface area contributed by atoms with Crippen LogP contribution in [0, 0.1) is 11.8 Å². The molecule has 194 valence electrons. The number of hydrogen-bond donors (Lipinski definition) is 0. The third-order valence-corrected chi connectivity index (χ3v) is 8.26. The molecule has 1 aromatic heterocycles. The van der Waals surface area contributed by atoms with Crippen molar-refractivity contribution in [2.75, 3.05) is 11.7 Å². The number of rotatable bonds is 5. The van der Waals surface area contributed by atoms with E-state index in [0.29, 0.717) is 24.4 Å². The smallest absolute Gasteiger partial charge is 0.255 e. The lowest BCUT2D eigenvalue weighted by atomic mass is 9.75. The summed E-state index contributed by atoms with van der Waals surface area (Å²) < 4.78 is 1.73. The predicted octanol–water partition coefficient (Wildman–Crippen LogP) is 7.64. The van der Waals surface area contributed by atoms with Gasteiger partial charge in [0, 0.05) is 17.0 Å². The van der Waals surface area contributed by atoms with Crippen molar-refractivity contribution in [3.63, 3.8) is 0 Å². The number of benzene rings is 3. The largest absolute Gasteiger partial charge is 0.272 e. The van der Waals surface area contributed by atoms with E-state index in [1.807, 2.05) is 71.8 Å². The maximum atomic E-state index is 14.6. The Hall–Kier alpha value is -3.70. The maximum Gasteiger partial charge on any atom is 0.255 e. The zero-order valence-corrected chi connectivity index (χ0v) is 22.3. The standard InChI is InChI=1S/C33H35N3O2/c1-22(2)27-20-19-23(3)29-30(27)34-35(32(29)25-15-9-5-10-16-25)33(37)28-21-38-36(26-17-11-6-12-18-26)31(28)24-13-7-4-8-14-24/h4-18,22-23,27-28,31H,19-21H2,1-3H3/t23-,27-,28+,31+/m0/s1. The summed E-state index contributed by atoms with van der Waals surface area (Å²) in [5.41, 5.74) is 6.33. The zero-order chi connectivity index (χ0) is 26.2. The van der Waals surface area contributed by atoms with Gasteiger partial charge in [-0.2, -0.15) is 9.78 Å². The van der Waals surface area contributed by atoms with E-state index < -0.39 is 5.92 Å². The third kappa shape index (κ3) is 4.25. The van der Waals surface area contributed by atoms with E-state index in [2.05, 4.69) is 45.0 Å². The van der Waals surface area contributed by atoms with Crippen molar-refractivity contribution < 1.29 is 9.63 Å². The van der Waals surface area contributed by atoms with Crippen LogP contribution in [0.5, 0.6) is 0 Å². The summed E-state index contributed by atoms with van der Waals surface area (Å²) in [5.74, 6) is 0.740. The molecular weight excluding hydrogens is 470 g/mol. The minimum atomic E-state index is -0.408. The van der Waals surface area contributed by atoms with Crippen LogP contribution in [-0.4, -0.2) is 22.3 Å². The Labute approximate surface area is 225 Å². The minimum absolute atomic E-state index is 0.0137. The van der Waals surface area contributed by atoms with Crippen LogP contribution in [0.1, 0.15) is 73.1 Å². The van der Waals surface area contributed by atoms with Gasteiger partial charge in [0.25, 0.3) is 5.91 Å². The van der Waals surface area contributed by atoms with Crippen LogP contribution in [0.4, 0.5) is 5.69 Å². The van der Waals surface area contributed by atoms with Crippen LogP contribution in [-0.2, 0) is 4.84 Å². The first-order valence-corrected chi connectivity index (χ1v) is 13.8. The van der Waals surface area contributed by atoms with Crippen molar-refractivity contribution in [3.8, 4) is 11.3 Å². The Morgan fingerprint density at radius 2 is 1.53 bits per heavy atom. The Kier molecular flexibility index (Phi) is 6.62. The molecule has 0 unspecified atom stereocenters. The van der Waals surface area contributed by atoms with Gasteiger partial charge in [0.2, 0.25) is 0 Å². The molecule has 0 N–H and O–H groups in total. The Bertz CT molecular complexity index is 1400. The second-order valence-corrected chi connectivity index (χ2v) is 11.0. The van der Waals surface area contributed by atoms with Gasteiger partial charge in [-0.15, -0.1) is 0 Å². The van der Waals surface area contributed by atoms with Gasteiger partial charge in [-0.3, -0.25) is 9.63 Å². The fraction of sp³-hybridized carbons (Fsp3) is 0.333. The number of carbonyl (C=O) groups excluding carboxylic acids is 1. The highest BCUT2D eigenvalue weighted by molar-refractivity contribution is 5.88. The molecule has 0 radical (unpaired) electrons. The van der Waals surface area contributed by atoms with E-state index in [1.165, 1.54) is 5.56 Å². The maximum absolute atomic E-state index is 14.6. The molecule has 38 heavy (non-hydrogen) atoms. The molecule has 0 saturated carbocycles. The lowest BCUT2D eigenvalue weighted by Crippen LogP contribution is -2.32. The first-order valence-electron chi connectivity index (χ1n) is 13.8. The zero-order valence-electron chi connectivity index (χ0n) is 22.3. The van der Waals surface area contributed by atoms with Gasteiger partial charge in [-0.05, 0) is 42.4 Å². The molecule has 2 aliphatic rings. The van der Waals surface area contributed by atoms with Crippen molar-refractivity contribution >= 4 is 11.6 Å². The van der Waals surface area contributed by atoms with Gasteiger partial charge < -0.3 is 0 Å². The summed E-state index contributed by atoms with van der Waals surface area (Å²) in [6.07, 6.45) is 2.21. The second kappa shape index (κ2) is 10.2. The molecule has 2 heterocycles. The molecule has 4 aromatic rings. The van der Waals surface area contributed by atoms with Gasteiger partial charge in [0.15, 0.2) is 0 Å². The molecule has 1 fully saturated rings. The minimum Gasteiger partial charge on any atom is -0.272 e. The number of nitrogens with zero attached hydrogens (tertiary/aromatic N) is 3. The van der Waals surface area contributed by atoms with Gasteiger partial charge in [-0.1, -0.05) is 99.6 Å². The second-order valence-electron chi connectivity index (χ2n) is 11.0. The average Bonchev–Trinajstić information content (AvgIpc) is 3.58. The number of hydroxylamine groups is 1. The highest BCUT2D eigenvalue weighted by Crippen LogP contribution is 2.47. The number of carbonyl (C=O) groups is 1. The van der Waals surface area contributed by atoms with Gasteiger partial charge >= 0.3 is 0 Å². The molecule has 3 aromatic carbocycles. The molecule has 5 heteroatoms. The van der Waals surface area contributed by atoms with Crippen molar-refractivity contribution in [3.05, 3.63) is 108 Å². The Morgan fingerprint density at radius 1 is 0.895 bits per heavy atom. The number of fused-ring (bicyclic) bond motifs is 1. The average molecular weight is 506 g/mol. The van der Waals surface area contributed by atoms with E-state index in [9.17, 15) is 4.79 Å². The quantitative estimate of drug-likeness (QED) is 0.280. The summed E-state index contributed by atoms with van der Waals surface area (Å²) in [5, 5.41) is 7.05. The van der Waals surface area contributed by atoms with Crippen molar-refractivity contribution in [2.45, 2.75) is 51.5 Å². The van der Waals surface area contributed by atoms with Gasteiger partial charge in [0.1, 0.15) is 0 Å². The normalized spacial score (nSPS) is 23.0. The monoisotopic (exact) mass is 505 g/mol. The summed E-state index contributed by atoms with van der Waals surface area (Å²) >= 11 is 0. The van der Waals surface area contributed by atoms with Crippen molar-refractivity contribution in [1.82, 2.24) is 9.78 Å². The Balaban J connectivity index is 1.49. The number of anilines is 1. The van der Waals surface area contributed by atoms with Crippen molar-refractivity contribution in [1.29, 1.82) is 0 Å². The fourth-order valence-electron chi connectivity index (χ4n) is 6.29. The molecule has 1 aliphatic carbocycles. The molecule has 1 saturated heterocycles. The fourth-order valence-corrected chi connectivity index (χ4v) is 6.29. The number of hydrogen-bond acceptors (Lipinski definition) is 4. The summed E-state index contributed by atoms with van der Waals surface area (Å²) in [6.45, 7) is 7.11. The van der Waals surface area contributed by atoms with Crippen LogP contribution in [0.2, 0.25) is 0 Å². The molecule has 4 atom stereocenters. The summed E-state index contributed by atoms with van der Waals surface area (Å²) in [4.78, 5) is 20.9. The topological polar surface area (TPSA) is 47.4 Å². The lowest BCUT2D eigenvalue weighted by Gasteiger charge is -2.29. The Morgan fingerprint density at radius 3 is 2.18 bits per heavy atom. The van der Waals surface area contributed by atoms with Gasteiger partial charge in [0.05, 0.1) is 35.6 Å². The van der Waals surface area contributed by atoms with Crippen LogP contribution in [0.15, 0.2) is 91.0 Å². The van der Waals surface area contributed by atoms with E-state index in [0.717, 1.165) is 41.0 Å². The first kappa shape index (κ1) is 24.6. The van der Waals surface area contributed by atoms with E-state index in [4.69, 9.17) is 9.94 Å². The highest BCUT2D eigenvalue weighted by Gasteiger charge is 2.44. The first-order chi connectivity index (χ1) is 18.5. The predicted molar refractivity (Wildman–Crippen MR) is 151 cm³/mol. The van der Waals surface area contributed by atoms with Crippen LogP contribution < -0.4 is 5.06 Å². The molecule has 0 spiro atoms. The lowest BCUT2D eigenvalue weighted by molar-refractivity contribution is 0.0790. The third-order valence-electron chi connectivity index (χ3n) is 8.26. The number of aromatic nitrogens is 2. The molecule has 5 nitrogen and oxygen atoms in total. The van der Waals surface area contributed by atoms with Crippen LogP contribution >= 0.6 is 0 Å². The molecule has 6 rings (SSSR count). The number of para-hydroxylation sites is 1. The van der Waals surface area contributed by atoms with Crippen LogP contribution in [0.3, 0.4) is 0 Å². The van der Waals surface area contributed by atoms with Crippen LogP contribution in [0.25, 0.3) is 11.3 Å². The molecular formula is C33H35N3O2. The SMILES string of the molecule is CC(C)[C@@H]1CC[C@H](C)c2c1nn(C(=O)[C@@H]1CON(c3ccccc3)[C@@H]1c1ccccc1)c2-c1ccccc1. The molecule has 0 bridgehead atoms. The van der Waals surface area contributed by atoms with E-state index in [1.54, 1.807) is 4.68 Å². The van der Waals surface area contributed by atoms with Crippen molar-refractivity contribution in [2.24, 2.45) is 11.8 Å². The van der Waals surface area contributed by atoms with E-state index >= 15 is 0 Å². The highest BCUT2D eigenvalue weighted by atomic mass is 16.7. The molecule has 1 aliphatic heterocycles. The summed E-state index contributed by atoms with van der Waals surface area (Å²) in [7, 11) is 0. The van der Waals surface area contributed by atoms with E-state index in [-0.39, 0.29) is 11.9 Å². The molecule has 0 amide bonds. The van der Waals surface area contributed by atoms with Gasteiger partial charge in [-0.25, -0.2) is 5.06 Å².